The fourth-order valence-electron chi connectivity index (χ4n) is 3.08. The van der Waals surface area contributed by atoms with Gasteiger partial charge in [-0.15, -0.1) is 11.3 Å². The second-order valence-electron chi connectivity index (χ2n) is 5.52. The average Bonchev–Trinajstić information content (AvgIpc) is 3.12. The first kappa shape index (κ1) is 14.3. The molecule has 3 rings (SSSR count). The molecule has 0 fully saturated rings. The van der Waals surface area contributed by atoms with Gasteiger partial charge in [0.1, 0.15) is 0 Å². The Labute approximate surface area is 128 Å². The van der Waals surface area contributed by atoms with Crippen molar-refractivity contribution in [2.45, 2.75) is 44.9 Å². The van der Waals surface area contributed by atoms with Gasteiger partial charge in [0.2, 0.25) is 0 Å². The minimum Gasteiger partial charge on any atom is -0.466 e. The van der Waals surface area contributed by atoms with Gasteiger partial charge < -0.3 is 10.1 Å². The van der Waals surface area contributed by atoms with E-state index in [1.54, 1.807) is 11.3 Å². The first-order valence-corrected chi connectivity index (χ1v) is 8.24. The minimum absolute atomic E-state index is 0.147. The van der Waals surface area contributed by atoms with E-state index in [9.17, 15) is 9.59 Å². The summed E-state index contributed by atoms with van der Waals surface area (Å²) in [7, 11) is 1.36. The van der Waals surface area contributed by atoms with Crippen molar-refractivity contribution < 1.29 is 14.3 Å². The summed E-state index contributed by atoms with van der Waals surface area (Å²) >= 11 is 1.67. The Morgan fingerprint density at radius 1 is 1.10 bits per heavy atom. The minimum atomic E-state index is -0.372. The van der Waals surface area contributed by atoms with Crippen LogP contribution in [0.4, 0.5) is 5.00 Å². The molecule has 0 saturated heterocycles. The van der Waals surface area contributed by atoms with Crippen LogP contribution >= 0.6 is 11.3 Å². The third-order valence-electron chi connectivity index (χ3n) is 4.16. The molecule has 0 bridgehead atoms. The monoisotopic (exact) mass is 305 g/mol. The van der Waals surface area contributed by atoms with Crippen molar-refractivity contribution in [3.63, 3.8) is 0 Å². The standard InChI is InChI=1S/C16H19NO3S/c1-20-16(19)12-7-4-6-11(12)15(18)17-14-9-10-5-2-3-8-13(10)21-14/h9H,2-8H2,1H3,(H,17,18). The highest BCUT2D eigenvalue weighted by Crippen LogP contribution is 2.34. The zero-order valence-corrected chi connectivity index (χ0v) is 13.0. The van der Waals surface area contributed by atoms with E-state index in [-0.39, 0.29) is 11.9 Å². The van der Waals surface area contributed by atoms with Gasteiger partial charge in [0.25, 0.3) is 5.91 Å². The van der Waals surface area contributed by atoms with E-state index in [2.05, 4.69) is 11.4 Å². The molecule has 5 heteroatoms. The van der Waals surface area contributed by atoms with Gasteiger partial charge in [-0.25, -0.2) is 4.79 Å². The molecule has 1 aromatic heterocycles. The molecule has 0 radical (unpaired) electrons. The van der Waals surface area contributed by atoms with Crippen molar-refractivity contribution >= 4 is 28.2 Å². The van der Waals surface area contributed by atoms with Crippen LogP contribution in [0.5, 0.6) is 0 Å². The third-order valence-corrected chi connectivity index (χ3v) is 5.31. The lowest BCUT2D eigenvalue weighted by atomic mass is 10.00. The Morgan fingerprint density at radius 3 is 2.62 bits per heavy atom. The molecule has 0 aliphatic heterocycles. The van der Waals surface area contributed by atoms with Gasteiger partial charge in [-0.1, -0.05) is 0 Å². The number of ether oxygens (including phenoxy) is 1. The van der Waals surface area contributed by atoms with E-state index >= 15 is 0 Å². The molecule has 0 spiro atoms. The van der Waals surface area contributed by atoms with Crippen molar-refractivity contribution in [2.24, 2.45) is 0 Å². The smallest absolute Gasteiger partial charge is 0.334 e. The molecular weight excluding hydrogens is 286 g/mol. The number of hydrogen-bond acceptors (Lipinski definition) is 4. The number of methoxy groups -OCH3 is 1. The molecule has 0 aromatic carbocycles. The molecule has 0 saturated carbocycles. The maximum absolute atomic E-state index is 12.4. The molecule has 2 aliphatic carbocycles. The number of fused-ring (bicyclic) bond motifs is 1. The van der Waals surface area contributed by atoms with Gasteiger partial charge in [0, 0.05) is 16.0 Å². The number of rotatable bonds is 3. The summed E-state index contributed by atoms with van der Waals surface area (Å²) < 4.78 is 4.76. The molecule has 0 atom stereocenters. The molecule has 112 valence electrons. The zero-order chi connectivity index (χ0) is 14.8. The maximum Gasteiger partial charge on any atom is 0.334 e. The van der Waals surface area contributed by atoms with Crippen molar-refractivity contribution in [2.75, 3.05) is 12.4 Å². The molecular formula is C16H19NO3S. The highest BCUT2D eigenvalue weighted by atomic mass is 32.1. The number of hydrogen-bond donors (Lipinski definition) is 1. The summed E-state index contributed by atoms with van der Waals surface area (Å²) in [6, 6.07) is 2.09. The lowest BCUT2D eigenvalue weighted by molar-refractivity contribution is -0.136. The highest BCUT2D eigenvalue weighted by molar-refractivity contribution is 7.16. The Bertz CT molecular complexity index is 592. The van der Waals surface area contributed by atoms with Crippen molar-refractivity contribution in [3.05, 3.63) is 27.7 Å². The van der Waals surface area contributed by atoms with Crippen LogP contribution in [0.3, 0.4) is 0 Å². The molecule has 21 heavy (non-hydrogen) atoms. The van der Waals surface area contributed by atoms with Gasteiger partial charge in [-0.05, 0) is 56.6 Å². The van der Waals surface area contributed by atoms with Gasteiger partial charge in [-0.3, -0.25) is 4.79 Å². The van der Waals surface area contributed by atoms with E-state index in [4.69, 9.17) is 4.74 Å². The lowest BCUT2D eigenvalue weighted by Gasteiger charge is -2.08. The van der Waals surface area contributed by atoms with Gasteiger partial charge in [0.05, 0.1) is 12.1 Å². The number of amides is 1. The fraction of sp³-hybridized carbons (Fsp3) is 0.500. The SMILES string of the molecule is COC(=O)C1=C(C(=O)Nc2cc3c(s2)CCCC3)CCC1. The number of anilines is 1. The molecule has 0 unspecified atom stereocenters. The Kier molecular flexibility index (Phi) is 4.10. The number of aryl methyl sites for hydroxylation is 2. The fourth-order valence-corrected chi connectivity index (χ4v) is 4.23. The van der Waals surface area contributed by atoms with Crippen molar-refractivity contribution in [1.29, 1.82) is 0 Å². The first-order chi connectivity index (χ1) is 10.2. The number of nitrogens with one attached hydrogen (secondary N) is 1. The second kappa shape index (κ2) is 6.02. The van der Waals surface area contributed by atoms with Crippen LogP contribution < -0.4 is 5.32 Å². The number of esters is 1. The Balaban J connectivity index is 1.77. The Hall–Kier alpha value is -1.62. The summed E-state index contributed by atoms with van der Waals surface area (Å²) in [5.41, 5.74) is 2.50. The normalized spacial score (nSPS) is 17.6. The second-order valence-corrected chi connectivity index (χ2v) is 6.66. The van der Waals surface area contributed by atoms with Crippen LogP contribution in [-0.4, -0.2) is 19.0 Å². The van der Waals surface area contributed by atoms with E-state index in [1.165, 1.54) is 30.4 Å². The first-order valence-electron chi connectivity index (χ1n) is 7.42. The summed E-state index contributed by atoms with van der Waals surface area (Å²) in [6.07, 6.45) is 6.82. The predicted octanol–water partition coefficient (Wildman–Crippen LogP) is 3.22. The average molecular weight is 305 g/mol. The van der Waals surface area contributed by atoms with E-state index in [1.807, 2.05) is 0 Å². The molecule has 2 aliphatic rings. The van der Waals surface area contributed by atoms with Crippen LogP contribution in [-0.2, 0) is 27.2 Å². The summed E-state index contributed by atoms with van der Waals surface area (Å²) in [4.78, 5) is 25.5. The molecule has 1 heterocycles. The molecule has 1 amide bonds. The van der Waals surface area contributed by atoms with E-state index < -0.39 is 0 Å². The summed E-state index contributed by atoms with van der Waals surface area (Å²) in [5.74, 6) is -0.519. The van der Waals surface area contributed by atoms with Crippen molar-refractivity contribution in [1.82, 2.24) is 0 Å². The van der Waals surface area contributed by atoms with Crippen LogP contribution in [0, 0.1) is 0 Å². The summed E-state index contributed by atoms with van der Waals surface area (Å²) in [6.45, 7) is 0. The lowest BCUT2D eigenvalue weighted by Crippen LogP contribution is -2.16. The molecule has 1 aromatic rings. The number of carbonyl (C=O) groups is 2. The third kappa shape index (κ3) is 2.88. The predicted molar refractivity (Wildman–Crippen MR) is 82.5 cm³/mol. The van der Waals surface area contributed by atoms with E-state index in [0.717, 1.165) is 24.3 Å². The van der Waals surface area contributed by atoms with Crippen LogP contribution in [0.1, 0.15) is 42.5 Å². The van der Waals surface area contributed by atoms with Gasteiger partial charge >= 0.3 is 5.97 Å². The maximum atomic E-state index is 12.4. The van der Waals surface area contributed by atoms with E-state index in [0.29, 0.717) is 24.0 Å². The quantitative estimate of drug-likeness (QED) is 0.872. The highest BCUT2D eigenvalue weighted by Gasteiger charge is 2.26. The summed E-state index contributed by atoms with van der Waals surface area (Å²) in [5, 5.41) is 3.86. The molecule has 4 nitrogen and oxygen atoms in total. The van der Waals surface area contributed by atoms with Crippen LogP contribution in [0.15, 0.2) is 17.2 Å². The topological polar surface area (TPSA) is 55.4 Å². The van der Waals surface area contributed by atoms with Gasteiger partial charge in [0.15, 0.2) is 0 Å². The number of carbonyl (C=O) groups excluding carboxylic acids is 2. The Morgan fingerprint density at radius 2 is 1.86 bits per heavy atom. The largest absolute Gasteiger partial charge is 0.466 e. The number of thiophene rings is 1. The van der Waals surface area contributed by atoms with Crippen molar-refractivity contribution in [3.8, 4) is 0 Å². The van der Waals surface area contributed by atoms with Gasteiger partial charge in [-0.2, -0.15) is 0 Å². The van der Waals surface area contributed by atoms with Crippen LogP contribution in [0.2, 0.25) is 0 Å². The molecule has 1 N–H and O–H groups in total. The van der Waals surface area contributed by atoms with Crippen LogP contribution in [0.25, 0.3) is 0 Å². The zero-order valence-electron chi connectivity index (χ0n) is 12.2.